The lowest BCUT2D eigenvalue weighted by atomic mass is 10.1. The molecule has 4 rings (SSSR count). The van der Waals surface area contributed by atoms with Gasteiger partial charge in [0.05, 0.1) is 12.2 Å². The molecule has 0 saturated carbocycles. The molecule has 0 aliphatic carbocycles. The van der Waals surface area contributed by atoms with E-state index in [0.29, 0.717) is 32.5 Å². The van der Waals surface area contributed by atoms with Crippen LogP contribution in [0, 0.1) is 6.92 Å². The number of nitrogens with zero attached hydrogens (tertiary/aromatic N) is 6. The van der Waals surface area contributed by atoms with Crippen molar-refractivity contribution in [3.05, 3.63) is 36.2 Å². The van der Waals surface area contributed by atoms with Gasteiger partial charge in [0.15, 0.2) is 0 Å². The van der Waals surface area contributed by atoms with Crippen molar-refractivity contribution in [2.75, 3.05) is 36.0 Å². The van der Waals surface area contributed by atoms with Crippen molar-refractivity contribution in [1.82, 2.24) is 19.7 Å². The van der Waals surface area contributed by atoms with E-state index in [0.717, 1.165) is 30.4 Å². The van der Waals surface area contributed by atoms with Crippen LogP contribution in [0.4, 0.5) is 11.6 Å². The molecule has 0 aromatic carbocycles. The van der Waals surface area contributed by atoms with Gasteiger partial charge in [0.2, 0.25) is 11.8 Å². The van der Waals surface area contributed by atoms with Gasteiger partial charge in [0.25, 0.3) is 0 Å². The van der Waals surface area contributed by atoms with Crippen LogP contribution in [0.1, 0.15) is 25.5 Å². The molecule has 8 heteroatoms. The molecule has 2 aromatic rings. The Morgan fingerprint density at radius 2 is 1.96 bits per heavy atom. The number of pyridine rings is 1. The fourth-order valence-electron chi connectivity index (χ4n) is 4.05. The molecule has 1 saturated heterocycles. The summed E-state index contributed by atoms with van der Waals surface area (Å²) in [5, 5.41) is 4.45. The Bertz CT molecular complexity index is 857. The number of piperazine rings is 1. The molecule has 0 radical (unpaired) electrons. The van der Waals surface area contributed by atoms with Crippen LogP contribution in [0.5, 0.6) is 0 Å². The van der Waals surface area contributed by atoms with E-state index in [1.54, 1.807) is 11.1 Å². The highest BCUT2D eigenvalue weighted by Crippen LogP contribution is 2.27. The summed E-state index contributed by atoms with van der Waals surface area (Å²) < 4.78 is 1.84. The number of fused-ring (bicyclic) bond motifs is 1. The molecule has 2 amide bonds. The number of hydrogen-bond acceptors (Lipinski definition) is 5. The second-order valence-electron chi connectivity index (χ2n) is 7.31. The standard InChI is InChI=1S/C20H26N6O2/c1-3-16(26-18-14-15(2)22-25(18)9-7-19(26)27)20(28)24-12-10-23(11-13-24)17-6-4-5-8-21-17/h4-6,8,14,16H,3,7,9-13H2,1-2H3/t16-/m1/s1. The number of rotatable bonds is 4. The van der Waals surface area contributed by atoms with Crippen molar-refractivity contribution in [1.29, 1.82) is 0 Å². The number of aromatic nitrogens is 3. The van der Waals surface area contributed by atoms with Crippen LogP contribution in [0.3, 0.4) is 0 Å². The summed E-state index contributed by atoms with van der Waals surface area (Å²) in [7, 11) is 0. The molecule has 1 fully saturated rings. The van der Waals surface area contributed by atoms with Gasteiger partial charge in [0.1, 0.15) is 17.7 Å². The van der Waals surface area contributed by atoms with Crippen molar-refractivity contribution in [2.24, 2.45) is 0 Å². The van der Waals surface area contributed by atoms with Gasteiger partial charge in [-0.2, -0.15) is 5.10 Å². The Hall–Kier alpha value is -2.90. The van der Waals surface area contributed by atoms with E-state index in [2.05, 4.69) is 15.0 Å². The molecule has 148 valence electrons. The maximum atomic E-state index is 13.3. The lowest BCUT2D eigenvalue weighted by molar-refractivity contribution is -0.135. The number of carbonyl (C=O) groups is 2. The zero-order chi connectivity index (χ0) is 19.7. The quantitative estimate of drug-likeness (QED) is 0.800. The molecule has 2 aliphatic rings. The Morgan fingerprint density at radius 1 is 1.18 bits per heavy atom. The van der Waals surface area contributed by atoms with Crippen molar-refractivity contribution in [2.45, 2.75) is 39.3 Å². The minimum Gasteiger partial charge on any atom is -0.353 e. The normalized spacial score (nSPS) is 18.2. The summed E-state index contributed by atoms with van der Waals surface area (Å²) in [5.41, 5.74) is 0.862. The van der Waals surface area contributed by atoms with Gasteiger partial charge >= 0.3 is 0 Å². The first kappa shape index (κ1) is 18.5. The number of hydrogen-bond donors (Lipinski definition) is 0. The van der Waals surface area contributed by atoms with E-state index >= 15 is 0 Å². The lowest BCUT2D eigenvalue weighted by Crippen LogP contribution is -2.57. The van der Waals surface area contributed by atoms with Gasteiger partial charge in [-0.25, -0.2) is 9.67 Å². The SMILES string of the molecule is CC[C@H](C(=O)N1CCN(c2ccccn2)CC1)N1C(=O)CCn2nc(C)cc21. The van der Waals surface area contributed by atoms with Gasteiger partial charge in [-0.05, 0) is 25.5 Å². The zero-order valence-corrected chi connectivity index (χ0v) is 16.4. The molecule has 4 heterocycles. The van der Waals surface area contributed by atoms with Gasteiger partial charge in [-0.3, -0.25) is 14.5 Å². The fourth-order valence-corrected chi connectivity index (χ4v) is 4.05. The summed E-state index contributed by atoms with van der Waals surface area (Å²) in [4.78, 5) is 36.1. The number of carbonyl (C=O) groups excluding carboxylic acids is 2. The van der Waals surface area contributed by atoms with Crippen LogP contribution in [0.15, 0.2) is 30.5 Å². The van der Waals surface area contributed by atoms with Crippen molar-refractivity contribution >= 4 is 23.5 Å². The minimum absolute atomic E-state index is 0.000258. The van der Waals surface area contributed by atoms with Crippen molar-refractivity contribution in [3.63, 3.8) is 0 Å². The van der Waals surface area contributed by atoms with E-state index in [1.807, 2.05) is 47.7 Å². The second kappa shape index (κ2) is 7.61. The molecule has 1 atom stereocenters. The van der Waals surface area contributed by atoms with Gasteiger partial charge in [0, 0.05) is 44.9 Å². The Kier molecular flexibility index (Phi) is 5.02. The predicted octanol–water partition coefficient (Wildman–Crippen LogP) is 1.45. The summed E-state index contributed by atoms with van der Waals surface area (Å²) in [5.74, 6) is 1.69. The molecule has 0 bridgehead atoms. The fraction of sp³-hybridized carbons (Fsp3) is 0.500. The van der Waals surface area contributed by atoms with Crippen LogP contribution in [0.25, 0.3) is 0 Å². The number of amides is 2. The maximum Gasteiger partial charge on any atom is 0.245 e. The summed E-state index contributed by atoms with van der Waals surface area (Å²) in [6.45, 7) is 7.19. The maximum absolute atomic E-state index is 13.3. The Balaban J connectivity index is 1.49. The topological polar surface area (TPSA) is 74.6 Å². The Labute approximate surface area is 164 Å². The molecule has 0 spiro atoms. The summed E-state index contributed by atoms with van der Waals surface area (Å²) in [6, 6.07) is 7.27. The average molecular weight is 382 g/mol. The first-order valence-corrected chi connectivity index (χ1v) is 9.89. The van der Waals surface area contributed by atoms with Gasteiger partial charge < -0.3 is 9.80 Å². The molecule has 2 aliphatic heterocycles. The molecule has 0 unspecified atom stereocenters. The third-order valence-electron chi connectivity index (χ3n) is 5.48. The molecule has 2 aromatic heterocycles. The Morgan fingerprint density at radius 3 is 2.64 bits per heavy atom. The highest BCUT2D eigenvalue weighted by molar-refractivity contribution is 6.01. The van der Waals surface area contributed by atoms with E-state index in [1.165, 1.54) is 0 Å². The first-order chi connectivity index (χ1) is 13.6. The van der Waals surface area contributed by atoms with Crippen molar-refractivity contribution < 1.29 is 9.59 Å². The van der Waals surface area contributed by atoms with Crippen LogP contribution in [0.2, 0.25) is 0 Å². The molecule has 28 heavy (non-hydrogen) atoms. The van der Waals surface area contributed by atoms with E-state index in [4.69, 9.17) is 0 Å². The number of aryl methyl sites for hydroxylation is 2. The predicted molar refractivity (Wildman–Crippen MR) is 106 cm³/mol. The summed E-state index contributed by atoms with van der Waals surface area (Å²) >= 11 is 0. The van der Waals surface area contributed by atoms with E-state index in [9.17, 15) is 9.59 Å². The monoisotopic (exact) mass is 382 g/mol. The number of anilines is 2. The van der Waals surface area contributed by atoms with Crippen LogP contribution in [-0.2, 0) is 16.1 Å². The van der Waals surface area contributed by atoms with E-state index in [-0.39, 0.29) is 11.8 Å². The minimum atomic E-state index is -0.482. The molecule has 8 nitrogen and oxygen atoms in total. The molecular weight excluding hydrogens is 356 g/mol. The van der Waals surface area contributed by atoms with Crippen LogP contribution in [-0.4, -0.2) is 63.7 Å². The molecule has 0 N–H and O–H groups in total. The third kappa shape index (κ3) is 3.34. The second-order valence-corrected chi connectivity index (χ2v) is 7.31. The largest absolute Gasteiger partial charge is 0.353 e. The average Bonchev–Trinajstić information content (AvgIpc) is 3.11. The highest BCUT2D eigenvalue weighted by atomic mass is 16.2. The van der Waals surface area contributed by atoms with E-state index < -0.39 is 6.04 Å². The van der Waals surface area contributed by atoms with Gasteiger partial charge in [-0.15, -0.1) is 0 Å². The van der Waals surface area contributed by atoms with Crippen LogP contribution >= 0.6 is 0 Å². The first-order valence-electron chi connectivity index (χ1n) is 9.89. The smallest absolute Gasteiger partial charge is 0.245 e. The lowest BCUT2D eigenvalue weighted by Gasteiger charge is -2.40. The third-order valence-corrected chi connectivity index (χ3v) is 5.48. The molecular formula is C20H26N6O2. The summed E-state index contributed by atoms with van der Waals surface area (Å²) in [6.07, 6.45) is 2.74. The zero-order valence-electron chi connectivity index (χ0n) is 16.4. The van der Waals surface area contributed by atoms with Crippen LogP contribution < -0.4 is 9.80 Å². The van der Waals surface area contributed by atoms with Gasteiger partial charge in [-0.1, -0.05) is 13.0 Å². The van der Waals surface area contributed by atoms with Crippen molar-refractivity contribution in [3.8, 4) is 0 Å². The highest BCUT2D eigenvalue weighted by Gasteiger charge is 2.37.